The fourth-order valence-corrected chi connectivity index (χ4v) is 10.3. The average Bonchev–Trinajstić information content (AvgIpc) is 3.96. The predicted molar refractivity (Wildman–Crippen MR) is 238 cm³/mol. The number of aliphatic imine (C=N–C) groups is 1. The molecule has 272 valence electrons. The van der Waals surface area contributed by atoms with E-state index in [1.54, 1.807) is 0 Å². The Hall–Kier alpha value is -6.73. The molecule has 12 rings (SSSR count). The van der Waals surface area contributed by atoms with E-state index >= 15 is 0 Å². The van der Waals surface area contributed by atoms with Crippen LogP contribution in [-0.2, 0) is 0 Å². The summed E-state index contributed by atoms with van der Waals surface area (Å²) in [7, 11) is 0. The van der Waals surface area contributed by atoms with Crippen molar-refractivity contribution < 1.29 is 4.42 Å². The van der Waals surface area contributed by atoms with Gasteiger partial charge in [0.1, 0.15) is 29.3 Å². The van der Waals surface area contributed by atoms with Gasteiger partial charge in [0, 0.05) is 64.4 Å². The Kier molecular flexibility index (Phi) is 7.37. The molecule has 0 fully saturated rings. The molecule has 0 bridgehead atoms. The van der Waals surface area contributed by atoms with Crippen LogP contribution in [0, 0.1) is 5.92 Å². The average molecular weight is 753 g/mol. The quantitative estimate of drug-likeness (QED) is 0.184. The van der Waals surface area contributed by atoms with Crippen LogP contribution in [0.15, 0.2) is 185 Å². The Labute approximate surface area is 332 Å². The first-order chi connectivity index (χ1) is 28.2. The van der Waals surface area contributed by atoms with Gasteiger partial charge in [0.2, 0.25) is 0 Å². The number of amidine groups is 1. The number of thiophene rings is 1. The lowest BCUT2D eigenvalue weighted by molar-refractivity contribution is 0.399. The van der Waals surface area contributed by atoms with Gasteiger partial charge >= 0.3 is 0 Å². The summed E-state index contributed by atoms with van der Waals surface area (Å²) in [6.45, 7) is 0. The number of hydrogen-bond acceptors (Lipinski definition) is 5. The second kappa shape index (κ2) is 12.9. The minimum Gasteiger partial charge on any atom is -0.455 e. The van der Waals surface area contributed by atoms with Gasteiger partial charge < -0.3 is 14.3 Å². The highest BCUT2D eigenvalue weighted by molar-refractivity contribution is 7.25. The van der Waals surface area contributed by atoms with Crippen LogP contribution in [-0.4, -0.2) is 10.4 Å². The van der Waals surface area contributed by atoms with Crippen LogP contribution in [0.3, 0.4) is 0 Å². The van der Waals surface area contributed by atoms with Gasteiger partial charge in [-0.2, -0.15) is 0 Å². The van der Waals surface area contributed by atoms with Gasteiger partial charge in [-0.25, -0.2) is 4.99 Å². The van der Waals surface area contributed by atoms with E-state index in [1.165, 1.54) is 53.2 Å². The molecule has 0 amide bonds. The van der Waals surface area contributed by atoms with Gasteiger partial charge in [0.15, 0.2) is 0 Å². The molecule has 3 unspecified atom stereocenters. The van der Waals surface area contributed by atoms with Crippen molar-refractivity contribution in [2.45, 2.75) is 18.8 Å². The van der Waals surface area contributed by atoms with E-state index in [0.717, 1.165) is 50.9 Å². The van der Waals surface area contributed by atoms with E-state index in [-0.39, 0.29) is 18.2 Å². The second-order valence-corrected chi connectivity index (χ2v) is 16.2. The third-order valence-electron chi connectivity index (χ3n) is 11.8. The summed E-state index contributed by atoms with van der Waals surface area (Å²) in [4.78, 5) is 5.31. The van der Waals surface area contributed by atoms with Crippen molar-refractivity contribution in [3.8, 4) is 16.8 Å². The maximum Gasteiger partial charge on any atom is 0.143 e. The van der Waals surface area contributed by atoms with Gasteiger partial charge in [-0.05, 0) is 47.9 Å². The molecule has 1 aliphatic heterocycles. The maximum absolute atomic E-state index is 6.99. The molecule has 57 heavy (non-hydrogen) atoms. The number of aromatic nitrogens is 1. The molecule has 7 aromatic carbocycles. The molecule has 0 saturated heterocycles. The number of allylic oxidation sites excluding steroid dienone is 3. The summed E-state index contributed by atoms with van der Waals surface area (Å²) >= 11 is 1.85. The van der Waals surface area contributed by atoms with E-state index in [4.69, 9.17) is 9.41 Å². The molecule has 3 atom stereocenters. The number of para-hydroxylation sites is 4. The van der Waals surface area contributed by atoms with Crippen LogP contribution in [0.25, 0.3) is 80.7 Å². The number of rotatable bonds is 5. The van der Waals surface area contributed by atoms with Gasteiger partial charge in [-0.3, -0.25) is 5.32 Å². The summed E-state index contributed by atoms with van der Waals surface area (Å²) < 4.78 is 11.9. The van der Waals surface area contributed by atoms with E-state index in [0.29, 0.717) is 0 Å². The lowest BCUT2D eigenvalue weighted by Gasteiger charge is -2.34. The van der Waals surface area contributed by atoms with Crippen LogP contribution in [0.5, 0.6) is 0 Å². The highest BCUT2D eigenvalue weighted by atomic mass is 32.1. The van der Waals surface area contributed by atoms with Gasteiger partial charge in [-0.1, -0.05) is 146 Å². The Morgan fingerprint density at radius 2 is 1.32 bits per heavy atom. The van der Waals surface area contributed by atoms with E-state index in [2.05, 4.69) is 191 Å². The summed E-state index contributed by atoms with van der Waals surface area (Å²) in [6, 6.07) is 54.7. The summed E-state index contributed by atoms with van der Waals surface area (Å²) in [5.41, 5.74) is 9.82. The Morgan fingerprint density at radius 3 is 2.11 bits per heavy atom. The van der Waals surface area contributed by atoms with Crippen LogP contribution < -0.4 is 10.6 Å². The number of hydrogen-bond donors (Lipinski definition) is 2. The molecule has 4 heterocycles. The number of nitrogens with one attached hydrogen (secondary N) is 2. The van der Waals surface area contributed by atoms with Crippen LogP contribution in [0.2, 0.25) is 0 Å². The van der Waals surface area contributed by atoms with Crippen molar-refractivity contribution in [3.05, 3.63) is 187 Å². The van der Waals surface area contributed by atoms with E-state index < -0.39 is 0 Å². The Bertz CT molecular complexity index is 3260. The molecule has 2 aliphatic rings. The summed E-state index contributed by atoms with van der Waals surface area (Å²) in [5, 5.41) is 14.8. The predicted octanol–water partition coefficient (Wildman–Crippen LogP) is 13.1. The van der Waals surface area contributed by atoms with Crippen molar-refractivity contribution in [1.82, 2.24) is 15.2 Å². The van der Waals surface area contributed by atoms with Gasteiger partial charge in [0.05, 0.1) is 11.0 Å². The monoisotopic (exact) mass is 752 g/mol. The minimum atomic E-state index is -0.291. The third kappa shape index (κ3) is 5.22. The minimum absolute atomic E-state index is 0.0933. The Balaban J connectivity index is 0.956. The first-order valence-corrected chi connectivity index (χ1v) is 20.4. The molecule has 2 N–H and O–H groups in total. The number of fused-ring (bicyclic) bond motifs is 9. The SMILES string of the molecule is C1=CCC(C2=NC(c3cccc4c3oc3c(-c5ccc6c(c5)sc5cc(-n7c8ccccc8c8ccccc87)ccc56)cccc34)NC(c3ccccc3)N2)C=C1. The van der Waals surface area contributed by atoms with E-state index in [9.17, 15) is 0 Å². The molecule has 0 radical (unpaired) electrons. The zero-order chi connectivity index (χ0) is 37.5. The highest BCUT2D eigenvalue weighted by Gasteiger charge is 2.30. The fraction of sp³-hybridized carbons (Fsp3) is 0.0784. The van der Waals surface area contributed by atoms with Crippen LogP contribution >= 0.6 is 11.3 Å². The lowest BCUT2D eigenvalue weighted by atomic mass is 9.97. The van der Waals surface area contributed by atoms with Crippen LogP contribution in [0.4, 0.5) is 0 Å². The lowest BCUT2D eigenvalue weighted by Crippen LogP contribution is -2.47. The molecule has 1 aliphatic carbocycles. The van der Waals surface area contributed by atoms with Crippen molar-refractivity contribution >= 4 is 81.1 Å². The standard InChI is InChI=1S/C51H36N4OS/c1-3-13-31(14-4-1)49-52-50(32-15-5-2-6-16-32)54-51(53-49)42-22-12-21-41-40-20-11-19-35(47(40)56-48(41)42)33-25-27-38-39-28-26-34(30-46(39)57-45(38)29-33)55-43-23-9-7-17-36(43)37-18-8-10-24-44(37)55/h1-15,17-30,32,49,51,53H,16H2,(H,52,54). The number of benzene rings is 7. The first kappa shape index (κ1) is 32.5. The summed E-state index contributed by atoms with van der Waals surface area (Å²) in [5.74, 6) is 1.18. The zero-order valence-corrected chi connectivity index (χ0v) is 31.7. The largest absolute Gasteiger partial charge is 0.455 e. The fourth-order valence-electron chi connectivity index (χ4n) is 9.09. The number of nitrogens with zero attached hydrogens (tertiary/aromatic N) is 2. The second-order valence-electron chi connectivity index (χ2n) is 15.1. The molecule has 3 aromatic heterocycles. The third-order valence-corrected chi connectivity index (χ3v) is 12.9. The van der Waals surface area contributed by atoms with Gasteiger partial charge in [-0.15, -0.1) is 11.3 Å². The van der Waals surface area contributed by atoms with Crippen molar-refractivity contribution in [3.63, 3.8) is 0 Å². The molecule has 0 spiro atoms. The number of furan rings is 1. The van der Waals surface area contributed by atoms with Gasteiger partial charge in [0.25, 0.3) is 0 Å². The molecule has 6 heteroatoms. The van der Waals surface area contributed by atoms with Crippen molar-refractivity contribution in [2.24, 2.45) is 10.9 Å². The van der Waals surface area contributed by atoms with E-state index in [1.807, 2.05) is 11.3 Å². The molecular weight excluding hydrogens is 717 g/mol. The summed E-state index contributed by atoms with van der Waals surface area (Å²) in [6.07, 6.45) is 9.22. The Morgan fingerprint density at radius 1 is 0.614 bits per heavy atom. The van der Waals surface area contributed by atoms with Crippen LogP contribution in [0.1, 0.15) is 29.9 Å². The molecule has 0 saturated carbocycles. The first-order valence-electron chi connectivity index (χ1n) is 19.6. The maximum atomic E-state index is 6.99. The smallest absolute Gasteiger partial charge is 0.143 e. The normalized spacial score (nSPS) is 18.3. The van der Waals surface area contributed by atoms with Crippen molar-refractivity contribution in [1.29, 1.82) is 0 Å². The molecule has 5 nitrogen and oxygen atoms in total. The van der Waals surface area contributed by atoms with Crippen molar-refractivity contribution in [2.75, 3.05) is 0 Å². The molecule has 10 aromatic rings. The highest BCUT2D eigenvalue weighted by Crippen LogP contribution is 2.43. The molecular formula is C51H36N4OS. The topological polar surface area (TPSA) is 54.5 Å². The zero-order valence-electron chi connectivity index (χ0n) is 30.9.